The Morgan fingerprint density at radius 1 is 1.08 bits per heavy atom. The Kier molecular flexibility index (Phi) is 6.75. The van der Waals surface area contributed by atoms with Crippen molar-refractivity contribution < 1.29 is 18.3 Å². The van der Waals surface area contributed by atoms with Crippen LogP contribution in [0.25, 0.3) is 16.8 Å². The molecule has 0 N–H and O–H groups in total. The van der Waals surface area contributed by atoms with Crippen LogP contribution in [0.2, 0.25) is 5.02 Å². The Labute approximate surface area is 223 Å². The summed E-state index contributed by atoms with van der Waals surface area (Å²) in [5.74, 6) is 0.463. The fourth-order valence-corrected chi connectivity index (χ4v) is 5.45. The van der Waals surface area contributed by atoms with E-state index in [4.69, 9.17) is 21.1 Å². The molecule has 2 saturated heterocycles. The summed E-state index contributed by atoms with van der Waals surface area (Å²) in [6.45, 7) is 7.49. The summed E-state index contributed by atoms with van der Waals surface area (Å²) in [6, 6.07) is 4.08. The van der Waals surface area contributed by atoms with E-state index < -0.39 is 12.5 Å². The maximum atomic E-state index is 13.2. The molecule has 38 heavy (non-hydrogen) atoms. The molecule has 200 valence electrons. The highest BCUT2D eigenvalue weighted by Gasteiger charge is 2.31. The number of nitrogens with zero attached hydrogens (tertiary/aromatic N) is 7. The van der Waals surface area contributed by atoms with Crippen molar-refractivity contribution >= 4 is 17.1 Å². The van der Waals surface area contributed by atoms with Crippen molar-refractivity contribution in [1.82, 2.24) is 34.5 Å². The van der Waals surface area contributed by atoms with Crippen LogP contribution in [0.5, 0.6) is 5.75 Å². The van der Waals surface area contributed by atoms with Crippen molar-refractivity contribution in [2.45, 2.75) is 51.3 Å². The van der Waals surface area contributed by atoms with E-state index in [1.54, 1.807) is 17.6 Å². The smallest absolute Gasteiger partial charge is 0.265 e. The molecule has 0 radical (unpaired) electrons. The van der Waals surface area contributed by atoms with Gasteiger partial charge < -0.3 is 9.47 Å². The summed E-state index contributed by atoms with van der Waals surface area (Å²) in [6.07, 6.45) is 4.91. The molecular weight excluding hydrogens is 516 g/mol. The molecule has 2 aliphatic heterocycles. The second-order valence-corrected chi connectivity index (χ2v) is 10.3. The van der Waals surface area contributed by atoms with E-state index in [9.17, 15) is 8.78 Å². The summed E-state index contributed by atoms with van der Waals surface area (Å²) in [7, 11) is 0. The number of likely N-dealkylation sites (tertiary alicyclic amines) is 1. The number of ether oxygens (including phenoxy) is 2. The van der Waals surface area contributed by atoms with Crippen LogP contribution < -0.4 is 4.74 Å². The van der Waals surface area contributed by atoms with Crippen LogP contribution >= 0.6 is 11.6 Å². The quantitative estimate of drug-likeness (QED) is 0.322. The number of rotatable bonds is 7. The molecule has 0 spiro atoms. The average Bonchev–Trinajstić information content (AvgIpc) is 3.46. The third kappa shape index (κ3) is 4.63. The number of hydrogen-bond acceptors (Lipinski definition) is 7. The first-order chi connectivity index (χ1) is 18.4. The molecule has 0 aromatic carbocycles. The molecule has 0 amide bonds. The monoisotopic (exact) mass is 543 g/mol. The highest BCUT2D eigenvalue weighted by molar-refractivity contribution is 6.34. The van der Waals surface area contributed by atoms with Crippen LogP contribution in [-0.2, 0) is 4.74 Å². The maximum Gasteiger partial charge on any atom is 0.265 e. The van der Waals surface area contributed by atoms with Gasteiger partial charge in [-0.2, -0.15) is 5.10 Å². The topological polar surface area (TPSA) is 82.6 Å². The minimum Gasteiger partial charge on any atom is -0.484 e. The summed E-state index contributed by atoms with van der Waals surface area (Å²) < 4.78 is 41.7. The standard InChI is InChI=1S/C26H28ClF2N7O2/c1-15-24(32-33-36(15)20-3-5-34(6-4-20)21-13-37-14-21)19-8-23(25-22(27)11-31-35(25)12-19)38-16(2)17-7-18(26(28)29)10-30-9-17/h7-12,16,20-21,26H,3-6,13-14H2,1-2H3/t16-/m1/s1. The average molecular weight is 544 g/mol. The molecule has 0 aliphatic carbocycles. The van der Waals surface area contributed by atoms with Crippen molar-refractivity contribution in [2.75, 3.05) is 26.3 Å². The molecule has 2 fully saturated rings. The molecule has 6 heterocycles. The van der Waals surface area contributed by atoms with Gasteiger partial charge in [-0.05, 0) is 38.8 Å². The normalized spacial score (nSPS) is 18.3. The molecule has 0 bridgehead atoms. The van der Waals surface area contributed by atoms with Crippen LogP contribution in [0, 0.1) is 6.92 Å². The molecule has 6 rings (SSSR count). The van der Waals surface area contributed by atoms with E-state index >= 15 is 0 Å². The summed E-state index contributed by atoms with van der Waals surface area (Å²) in [4.78, 5) is 6.45. The molecule has 0 saturated carbocycles. The number of pyridine rings is 2. The van der Waals surface area contributed by atoms with Gasteiger partial charge in [-0.3, -0.25) is 9.88 Å². The van der Waals surface area contributed by atoms with Gasteiger partial charge in [0.25, 0.3) is 6.43 Å². The van der Waals surface area contributed by atoms with Crippen LogP contribution in [-0.4, -0.2) is 66.8 Å². The molecule has 12 heteroatoms. The summed E-state index contributed by atoms with van der Waals surface area (Å²) in [5.41, 5.74) is 3.42. The van der Waals surface area contributed by atoms with Crippen molar-refractivity contribution in [3.05, 3.63) is 58.8 Å². The maximum absolute atomic E-state index is 13.2. The first-order valence-electron chi connectivity index (χ1n) is 12.7. The van der Waals surface area contributed by atoms with Crippen molar-refractivity contribution in [2.24, 2.45) is 0 Å². The number of piperidine rings is 1. The van der Waals surface area contributed by atoms with Gasteiger partial charge in [-0.25, -0.2) is 18.0 Å². The minimum absolute atomic E-state index is 0.154. The third-order valence-electron chi connectivity index (χ3n) is 7.52. The van der Waals surface area contributed by atoms with Gasteiger partial charge in [-0.15, -0.1) is 5.10 Å². The van der Waals surface area contributed by atoms with Crippen LogP contribution in [0.1, 0.15) is 55.2 Å². The molecule has 9 nitrogen and oxygen atoms in total. The zero-order valence-electron chi connectivity index (χ0n) is 21.1. The lowest BCUT2D eigenvalue weighted by Crippen LogP contribution is -2.52. The van der Waals surface area contributed by atoms with Crippen molar-refractivity contribution in [1.29, 1.82) is 0 Å². The number of alkyl halides is 2. The van der Waals surface area contributed by atoms with Crippen LogP contribution in [0.4, 0.5) is 8.78 Å². The fraction of sp³-hybridized carbons (Fsp3) is 0.462. The first kappa shape index (κ1) is 25.1. The van der Waals surface area contributed by atoms with Crippen LogP contribution in [0.3, 0.4) is 0 Å². The van der Waals surface area contributed by atoms with Gasteiger partial charge in [0.05, 0.1) is 42.2 Å². The number of fused-ring (bicyclic) bond motifs is 1. The molecule has 4 aromatic heterocycles. The van der Waals surface area contributed by atoms with Gasteiger partial charge in [0.15, 0.2) is 0 Å². The second kappa shape index (κ2) is 10.2. The Bertz CT molecular complexity index is 1450. The highest BCUT2D eigenvalue weighted by Crippen LogP contribution is 2.36. The predicted molar refractivity (Wildman–Crippen MR) is 137 cm³/mol. The minimum atomic E-state index is -2.61. The SMILES string of the molecule is Cc1c(-c2cc(O[C@H](C)c3cncc(C(F)F)c3)c3c(Cl)cnn3c2)nnn1C1CCN(C2COC2)CC1. The Hall–Kier alpha value is -3.15. The van der Waals surface area contributed by atoms with E-state index in [1.807, 2.05) is 23.9 Å². The van der Waals surface area contributed by atoms with E-state index in [0.717, 1.165) is 62.3 Å². The van der Waals surface area contributed by atoms with E-state index in [0.29, 0.717) is 27.9 Å². The lowest BCUT2D eigenvalue weighted by atomic mass is 10.0. The van der Waals surface area contributed by atoms with E-state index in [2.05, 4.69) is 25.3 Å². The molecule has 4 aromatic rings. The van der Waals surface area contributed by atoms with E-state index in [-0.39, 0.29) is 11.6 Å². The Balaban J connectivity index is 1.28. The highest BCUT2D eigenvalue weighted by atomic mass is 35.5. The van der Waals surface area contributed by atoms with Crippen LogP contribution in [0.15, 0.2) is 36.9 Å². The second-order valence-electron chi connectivity index (χ2n) is 9.92. The lowest BCUT2D eigenvalue weighted by Gasteiger charge is -2.41. The van der Waals surface area contributed by atoms with Gasteiger partial charge in [-0.1, -0.05) is 16.8 Å². The fourth-order valence-electron chi connectivity index (χ4n) is 5.23. The van der Waals surface area contributed by atoms with Gasteiger partial charge in [0.2, 0.25) is 0 Å². The van der Waals surface area contributed by atoms with Gasteiger partial charge in [0.1, 0.15) is 23.1 Å². The molecule has 2 aliphatic rings. The summed E-state index contributed by atoms with van der Waals surface area (Å²) >= 11 is 6.44. The molecule has 0 unspecified atom stereocenters. The van der Waals surface area contributed by atoms with Gasteiger partial charge >= 0.3 is 0 Å². The van der Waals surface area contributed by atoms with Crippen molar-refractivity contribution in [3.63, 3.8) is 0 Å². The number of halogens is 3. The zero-order chi connectivity index (χ0) is 26.4. The molecular formula is C26H28ClF2N7O2. The number of aromatic nitrogens is 6. The third-order valence-corrected chi connectivity index (χ3v) is 7.80. The largest absolute Gasteiger partial charge is 0.484 e. The Morgan fingerprint density at radius 2 is 1.84 bits per heavy atom. The Morgan fingerprint density at radius 3 is 2.55 bits per heavy atom. The number of hydrogen-bond donors (Lipinski definition) is 0. The van der Waals surface area contributed by atoms with Crippen molar-refractivity contribution in [3.8, 4) is 17.0 Å². The van der Waals surface area contributed by atoms with Gasteiger partial charge in [0, 0.05) is 48.4 Å². The predicted octanol–water partition coefficient (Wildman–Crippen LogP) is 5.06. The zero-order valence-corrected chi connectivity index (χ0v) is 21.9. The summed E-state index contributed by atoms with van der Waals surface area (Å²) in [5, 5.41) is 13.8. The first-order valence-corrected chi connectivity index (χ1v) is 13.1. The molecule has 1 atom stereocenters. The van der Waals surface area contributed by atoms with E-state index in [1.165, 1.54) is 12.3 Å². The lowest BCUT2D eigenvalue weighted by molar-refractivity contribution is -0.0735.